The smallest absolute Gasteiger partial charge is 0.253 e. The Labute approximate surface area is 139 Å². The zero-order valence-corrected chi connectivity index (χ0v) is 14.5. The maximum absolute atomic E-state index is 12.7. The summed E-state index contributed by atoms with van der Waals surface area (Å²) < 4.78 is 0. The first-order valence-corrected chi connectivity index (χ1v) is 8.17. The molecular weight excluding hydrogens is 296 g/mol. The molecule has 4 heteroatoms. The normalized spacial score (nSPS) is 26.6. The van der Waals surface area contributed by atoms with Crippen LogP contribution in [0, 0.1) is 0 Å². The number of fused-ring (bicyclic) bond motifs is 2. The molecule has 2 unspecified atom stereocenters. The van der Waals surface area contributed by atoms with Crippen molar-refractivity contribution < 1.29 is 4.79 Å². The number of nitrogens with one attached hydrogen (secondary N) is 1. The van der Waals surface area contributed by atoms with Crippen LogP contribution in [-0.4, -0.2) is 36.0 Å². The molecule has 0 spiro atoms. The molecule has 1 N–H and O–H groups in total. The monoisotopic (exact) mass is 322 g/mol. The van der Waals surface area contributed by atoms with Gasteiger partial charge in [0.1, 0.15) is 0 Å². The van der Waals surface area contributed by atoms with Gasteiger partial charge in [-0.3, -0.25) is 4.79 Å². The summed E-state index contributed by atoms with van der Waals surface area (Å²) in [7, 11) is 1.97. The van der Waals surface area contributed by atoms with E-state index in [1.165, 1.54) is 18.4 Å². The average Bonchev–Trinajstić information content (AvgIpc) is 2.84. The Bertz CT molecular complexity index is 502. The molecule has 1 aromatic rings. The molecule has 0 aliphatic carbocycles. The van der Waals surface area contributed by atoms with Crippen molar-refractivity contribution in [2.24, 2.45) is 0 Å². The van der Waals surface area contributed by atoms with E-state index in [-0.39, 0.29) is 18.3 Å². The number of nitrogens with zero attached hydrogens (tertiary/aromatic N) is 1. The summed E-state index contributed by atoms with van der Waals surface area (Å²) in [6.07, 6.45) is 4.74. The van der Waals surface area contributed by atoms with Gasteiger partial charge in [-0.05, 0) is 49.3 Å². The van der Waals surface area contributed by atoms with Gasteiger partial charge in [0.05, 0.1) is 0 Å². The number of rotatable bonds is 3. The summed E-state index contributed by atoms with van der Waals surface area (Å²) in [6, 6.07) is 9.74. The van der Waals surface area contributed by atoms with E-state index in [1.807, 2.05) is 24.1 Å². The summed E-state index contributed by atoms with van der Waals surface area (Å²) >= 11 is 0. The Balaban J connectivity index is 0.00000176. The largest absolute Gasteiger partial charge is 0.339 e. The summed E-state index contributed by atoms with van der Waals surface area (Å²) in [4.78, 5) is 14.6. The number of carbonyl (C=O) groups excluding carboxylic acids is 1. The van der Waals surface area contributed by atoms with E-state index in [9.17, 15) is 4.79 Å². The van der Waals surface area contributed by atoms with Crippen LogP contribution in [0.2, 0.25) is 0 Å². The van der Waals surface area contributed by atoms with E-state index in [2.05, 4.69) is 31.3 Å². The van der Waals surface area contributed by atoms with E-state index in [4.69, 9.17) is 0 Å². The van der Waals surface area contributed by atoms with E-state index in [1.54, 1.807) is 0 Å². The molecule has 2 fully saturated rings. The van der Waals surface area contributed by atoms with Crippen molar-refractivity contribution in [2.75, 3.05) is 7.05 Å². The van der Waals surface area contributed by atoms with Crippen LogP contribution in [0.4, 0.5) is 0 Å². The fourth-order valence-electron chi connectivity index (χ4n) is 3.72. The predicted molar refractivity (Wildman–Crippen MR) is 92.8 cm³/mol. The highest BCUT2D eigenvalue weighted by atomic mass is 35.5. The van der Waals surface area contributed by atoms with E-state index >= 15 is 0 Å². The van der Waals surface area contributed by atoms with E-state index < -0.39 is 0 Å². The third-order valence-electron chi connectivity index (χ3n) is 5.14. The maximum Gasteiger partial charge on any atom is 0.253 e. The van der Waals surface area contributed by atoms with Gasteiger partial charge in [-0.2, -0.15) is 0 Å². The standard InChI is InChI=1S/C18H26N2O.ClH/c1-12(2)13-4-6-14(7-5-13)18(21)20(3)17-10-15-8-9-16(11-17)19-15;/h4-7,12,15-17,19H,8-11H2,1-3H3;1H. The molecule has 2 bridgehead atoms. The highest BCUT2D eigenvalue weighted by molar-refractivity contribution is 5.94. The molecule has 2 aliphatic heterocycles. The van der Waals surface area contributed by atoms with Crippen LogP contribution in [0.3, 0.4) is 0 Å². The molecule has 22 heavy (non-hydrogen) atoms. The van der Waals surface area contributed by atoms with Crippen LogP contribution in [0.15, 0.2) is 24.3 Å². The van der Waals surface area contributed by atoms with Crippen molar-refractivity contribution in [1.29, 1.82) is 0 Å². The van der Waals surface area contributed by atoms with Gasteiger partial charge < -0.3 is 10.2 Å². The Hall–Kier alpha value is -1.06. The number of piperidine rings is 1. The summed E-state index contributed by atoms with van der Waals surface area (Å²) in [5, 5.41) is 3.64. The van der Waals surface area contributed by atoms with Crippen molar-refractivity contribution in [3.8, 4) is 0 Å². The molecule has 0 aromatic heterocycles. The summed E-state index contributed by atoms with van der Waals surface area (Å²) in [5.74, 6) is 0.670. The lowest BCUT2D eigenvalue weighted by Gasteiger charge is -2.35. The molecule has 0 saturated carbocycles. The Morgan fingerprint density at radius 3 is 2.18 bits per heavy atom. The average molecular weight is 323 g/mol. The van der Waals surface area contributed by atoms with Crippen LogP contribution < -0.4 is 5.32 Å². The molecule has 3 nitrogen and oxygen atoms in total. The fourth-order valence-corrected chi connectivity index (χ4v) is 3.72. The highest BCUT2D eigenvalue weighted by Gasteiger charge is 2.36. The van der Waals surface area contributed by atoms with Gasteiger partial charge in [-0.1, -0.05) is 26.0 Å². The quantitative estimate of drug-likeness (QED) is 0.922. The zero-order valence-electron chi connectivity index (χ0n) is 13.7. The number of carbonyl (C=O) groups is 1. The van der Waals surface area contributed by atoms with Crippen molar-refractivity contribution in [3.63, 3.8) is 0 Å². The lowest BCUT2D eigenvalue weighted by Crippen LogP contribution is -2.48. The SMILES string of the molecule is CC(C)c1ccc(C(=O)N(C)C2CC3CCC(C2)N3)cc1.Cl. The number of amides is 1. The first kappa shape index (κ1) is 17.3. The van der Waals surface area contributed by atoms with Crippen LogP contribution >= 0.6 is 12.4 Å². The van der Waals surface area contributed by atoms with Crippen LogP contribution in [0.1, 0.15) is 61.4 Å². The van der Waals surface area contributed by atoms with Gasteiger partial charge in [0.2, 0.25) is 0 Å². The molecule has 2 atom stereocenters. The third kappa shape index (κ3) is 3.47. The minimum Gasteiger partial charge on any atom is -0.339 e. The second kappa shape index (κ2) is 7.01. The van der Waals surface area contributed by atoms with E-state index in [0.29, 0.717) is 24.0 Å². The van der Waals surface area contributed by atoms with Gasteiger partial charge >= 0.3 is 0 Å². The molecule has 1 aromatic carbocycles. The van der Waals surface area contributed by atoms with Gasteiger partial charge in [-0.25, -0.2) is 0 Å². The Morgan fingerprint density at radius 2 is 1.68 bits per heavy atom. The molecule has 0 radical (unpaired) electrons. The second-order valence-corrected chi connectivity index (χ2v) is 6.96. The third-order valence-corrected chi connectivity index (χ3v) is 5.14. The molecule has 2 saturated heterocycles. The van der Waals surface area contributed by atoms with Gasteiger partial charge in [0.25, 0.3) is 5.91 Å². The maximum atomic E-state index is 12.7. The van der Waals surface area contributed by atoms with Gasteiger partial charge in [0.15, 0.2) is 0 Å². The predicted octanol–water partition coefficient (Wildman–Crippen LogP) is 3.59. The van der Waals surface area contributed by atoms with Crippen molar-refractivity contribution in [2.45, 2.75) is 63.6 Å². The first-order chi connectivity index (χ1) is 10.0. The molecule has 2 heterocycles. The van der Waals surface area contributed by atoms with Crippen LogP contribution in [-0.2, 0) is 0 Å². The number of hydrogen-bond donors (Lipinski definition) is 1. The minimum absolute atomic E-state index is 0. The lowest BCUT2D eigenvalue weighted by molar-refractivity contribution is 0.0681. The summed E-state index contributed by atoms with van der Waals surface area (Å²) in [6.45, 7) is 4.35. The Kier molecular flexibility index (Phi) is 5.51. The molecule has 2 aliphatic rings. The highest BCUT2D eigenvalue weighted by Crippen LogP contribution is 2.30. The van der Waals surface area contributed by atoms with Crippen molar-refractivity contribution in [3.05, 3.63) is 35.4 Å². The van der Waals surface area contributed by atoms with Crippen LogP contribution in [0.5, 0.6) is 0 Å². The van der Waals surface area contributed by atoms with Crippen molar-refractivity contribution in [1.82, 2.24) is 10.2 Å². The molecule has 1 amide bonds. The van der Waals surface area contributed by atoms with Gasteiger partial charge in [-0.15, -0.1) is 12.4 Å². The second-order valence-electron chi connectivity index (χ2n) is 6.96. The number of halogens is 1. The lowest BCUT2D eigenvalue weighted by atomic mass is 9.97. The topological polar surface area (TPSA) is 32.3 Å². The zero-order chi connectivity index (χ0) is 15.0. The number of hydrogen-bond acceptors (Lipinski definition) is 2. The van der Waals surface area contributed by atoms with Crippen molar-refractivity contribution >= 4 is 18.3 Å². The van der Waals surface area contributed by atoms with Crippen LogP contribution in [0.25, 0.3) is 0 Å². The first-order valence-electron chi connectivity index (χ1n) is 8.17. The summed E-state index contributed by atoms with van der Waals surface area (Å²) in [5.41, 5.74) is 2.10. The molecular formula is C18H27ClN2O. The van der Waals surface area contributed by atoms with E-state index in [0.717, 1.165) is 18.4 Å². The molecule has 3 rings (SSSR count). The molecule has 122 valence electrons. The fraction of sp³-hybridized carbons (Fsp3) is 0.611. The minimum atomic E-state index is 0. The van der Waals surface area contributed by atoms with Gasteiger partial charge in [0, 0.05) is 30.7 Å². The number of benzene rings is 1. The Morgan fingerprint density at radius 1 is 1.14 bits per heavy atom.